The zero-order valence-corrected chi connectivity index (χ0v) is 14.2. The Morgan fingerprint density at radius 2 is 0.462 bits per heavy atom. The molecule has 0 aromatic heterocycles. The molecule has 64 valence electrons. The standard InChI is InChI=1S/2Ca.2O4Si.Ti/c;;2*1-5(2,3)4;/q2*+2;2*-4;+4. The molecule has 0 spiro atoms. The summed E-state index contributed by atoms with van der Waals surface area (Å²) < 4.78 is 0. The van der Waals surface area contributed by atoms with Gasteiger partial charge in [0.15, 0.2) is 0 Å². The monoisotopic (exact) mass is 312 g/mol. The minimum absolute atomic E-state index is 0. The van der Waals surface area contributed by atoms with Crippen LogP contribution in [0.3, 0.4) is 0 Å². The van der Waals surface area contributed by atoms with Gasteiger partial charge < -0.3 is 56.5 Å². The number of hydrogen-bond acceptors (Lipinski definition) is 8. The Balaban J connectivity index is -0.0000000267. The first-order valence-electron chi connectivity index (χ1n) is 1.63. The molecule has 0 bridgehead atoms. The van der Waals surface area contributed by atoms with Crippen LogP contribution in [0.25, 0.3) is 0 Å². The summed E-state index contributed by atoms with van der Waals surface area (Å²) in [4.78, 5) is 68.6. The van der Waals surface area contributed by atoms with Crippen LogP contribution in [0.5, 0.6) is 0 Å². The van der Waals surface area contributed by atoms with Crippen molar-refractivity contribution in [2.45, 2.75) is 0 Å². The van der Waals surface area contributed by atoms with Gasteiger partial charge in [0.1, 0.15) is 0 Å². The average molecular weight is 312 g/mol. The van der Waals surface area contributed by atoms with Gasteiger partial charge in [0, 0.05) is 0 Å². The van der Waals surface area contributed by atoms with E-state index in [1.165, 1.54) is 0 Å². The minimum Gasteiger partial charge on any atom is -0.894 e. The fourth-order valence-electron chi connectivity index (χ4n) is 0. The second-order valence-electron chi connectivity index (χ2n) is 1.00. The predicted octanol–water partition coefficient (Wildman–Crippen LogP) is -11.0. The van der Waals surface area contributed by atoms with Crippen molar-refractivity contribution in [3.05, 3.63) is 0 Å². The molecule has 0 aromatic rings. The molecule has 13 heavy (non-hydrogen) atoms. The maximum absolute atomic E-state index is 8.58. The van der Waals surface area contributed by atoms with E-state index in [1.54, 1.807) is 0 Å². The van der Waals surface area contributed by atoms with Crippen LogP contribution in [-0.4, -0.2) is 93.6 Å². The summed E-state index contributed by atoms with van der Waals surface area (Å²) in [6.45, 7) is 0. The third kappa shape index (κ3) is 244. The molecule has 0 aliphatic heterocycles. The van der Waals surface area contributed by atoms with Gasteiger partial charge in [-0.25, -0.2) is 0 Å². The molecule has 0 amide bonds. The molecule has 0 saturated heterocycles. The maximum Gasteiger partial charge on any atom is 4.00 e. The zero-order valence-electron chi connectivity index (χ0n) is 6.18. The van der Waals surface area contributed by atoms with Gasteiger partial charge in [0.05, 0.1) is 0 Å². The smallest absolute Gasteiger partial charge is 0.894 e. The third-order valence-electron chi connectivity index (χ3n) is 0. The Labute approximate surface area is 151 Å². The van der Waals surface area contributed by atoms with Crippen LogP contribution >= 0.6 is 0 Å². The van der Waals surface area contributed by atoms with Crippen molar-refractivity contribution in [1.29, 1.82) is 0 Å². The van der Waals surface area contributed by atoms with Crippen molar-refractivity contribution < 1.29 is 60.1 Å². The largest absolute Gasteiger partial charge is 4.00 e. The molecule has 0 aliphatic rings. The molecule has 0 heterocycles. The first kappa shape index (κ1) is 29.9. The SMILES string of the molecule is [Ca+2].[Ca+2].[O-][Si]([O-])([O-])[O-].[O-][Si]([O-])([O-])[O-].[Ti+4]. The molecule has 0 atom stereocenters. The van der Waals surface area contributed by atoms with Crippen LogP contribution < -0.4 is 38.4 Å². The summed E-state index contributed by atoms with van der Waals surface area (Å²) in [6.07, 6.45) is 0. The van der Waals surface area contributed by atoms with Crippen LogP contribution in [-0.2, 0) is 21.7 Å². The molecular formula is Ca2O8Si2Ti. The van der Waals surface area contributed by atoms with E-state index in [9.17, 15) is 0 Å². The van der Waals surface area contributed by atoms with Crippen LogP contribution in [0.1, 0.15) is 0 Å². The summed E-state index contributed by atoms with van der Waals surface area (Å²) in [5, 5.41) is 0. The molecule has 0 N–H and O–H groups in total. The van der Waals surface area contributed by atoms with Crippen LogP contribution in [0, 0.1) is 0 Å². The summed E-state index contributed by atoms with van der Waals surface area (Å²) in [6, 6.07) is 0. The maximum atomic E-state index is 8.58. The van der Waals surface area contributed by atoms with Crippen molar-refractivity contribution in [2.24, 2.45) is 0 Å². The summed E-state index contributed by atoms with van der Waals surface area (Å²) >= 11 is 0. The van der Waals surface area contributed by atoms with Crippen molar-refractivity contribution in [2.75, 3.05) is 0 Å². The van der Waals surface area contributed by atoms with E-state index >= 15 is 0 Å². The van der Waals surface area contributed by atoms with Gasteiger partial charge in [0.2, 0.25) is 0 Å². The van der Waals surface area contributed by atoms with E-state index in [0.29, 0.717) is 0 Å². The Kier molecular flexibility index (Phi) is 30.9. The first-order valence-corrected chi connectivity index (χ1v) is 4.90. The summed E-state index contributed by atoms with van der Waals surface area (Å²) in [7, 11) is -11.2. The van der Waals surface area contributed by atoms with Gasteiger partial charge in [-0.2, -0.15) is 0 Å². The fourth-order valence-corrected chi connectivity index (χ4v) is 0. The molecule has 13 heteroatoms. The normalized spacial score (nSPS) is 9.23. The van der Waals surface area contributed by atoms with Crippen LogP contribution in [0.4, 0.5) is 0 Å². The molecule has 0 radical (unpaired) electrons. The van der Waals surface area contributed by atoms with Gasteiger partial charge in [-0.05, 0) is 0 Å². The molecule has 0 saturated carbocycles. The fraction of sp³-hybridized carbons (Fsp3) is 0. The second kappa shape index (κ2) is 13.4. The number of rotatable bonds is 0. The minimum atomic E-state index is -5.61. The van der Waals surface area contributed by atoms with E-state index in [1.807, 2.05) is 0 Å². The zero-order chi connectivity index (χ0) is 9.00. The number of hydrogen-bond donors (Lipinski definition) is 0. The van der Waals surface area contributed by atoms with E-state index in [2.05, 4.69) is 0 Å². The van der Waals surface area contributed by atoms with Gasteiger partial charge in [-0.1, -0.05) is 0 Å². The van der Waals surface area contributed by atoms with Crippen molar-refractivity contribution in [3.8, 4) is 0 Å². The predicted molar refractivity (Wildman–Crippen MR) is 23.0 cm³/mol. The van der Waals surface area contributed by atoms with Crippen molar-refractivity contribution in [1.82, 2.24) is 0 Å². The van der Waals surface area contributed by atoms with Crippen LogP contribution in [0.15, 0.2) is 0 Å². The Morgan fingerprint density at radius 1 is 0.462 bits per heavy atom. The molecular weight excluding hydrogens is 312 g/mol. The quantitative estimate of drug-likeness (QED) is 0.394. The van der Waals surface area contributed by atoms with E-state index in [0.717, 1.165) is 0 Å². The molecule has 0 fully saturated rings. The van der Waals surface area contributed by atoms with Crippen molar-refractivity contribution >= 4 is 93.6 Å². The van der Waals surface area contributed by atoms with E-state index in [4.69, 9.17) is 38.4 Å². The Bertz CT molecular complexity index is 63.1. The Morgan fingerprint density at radius 3 is 0.462 bits per heavy atom. The average Bonchev–Trinajstić information content (AvgIpc) is 1.12. The third-order valence-corrected chi connectivity index (χ3v) is 0. The van der Waals surface area contributed by atoms with E-state index < -0.39 is 18.1 Å². The molecule has 0 unspecified atom stereocenters. The van der Waals surface area contributed by atoms with Crippen molar-refractivity contribution in [3.63, 3.8) is 0 Å². The molecule has 0 aliphatic carbocycles. The van der Waals surface area contributed by atoms with E-state index in [-0.39, 0.29) is 97.2 Å². The molecule has 8 nitrogen and oxygen atoms in total. The topological polar surface area (TPSA) is 184 Å². The van der Waals surface area contributed by atoms with Gasteiger partial charge >= 0.3 is 97.2 Å². The van der Waals surface area contributed by atoms with Crippen LogP contribution in [0.2, 0.25) is 0 Å². The first-order chi connectivity index (χ1) is 4.00. The molecule has 0 rings (SSSR count). The summed E-state index contributed by atoms with van der Waals surface area (Å²) in [5.74, 6) is 0. The Hall–Kier alpha value is 3.35. The van der Waals surface area contributed by atoms with Gasteiger partial charge in [-0.3, -0.25) is 0 Å². The van der Waals surface area contributed by atoms with Gasteiger partial charge in [-0.15, -0.1) is 0 Å². The van der Waals surface area contributed by atoms with Gasteiger partial charge in [0.25, 0.3) is 0 Å². The molecule has 0 aromatic carbocycles. The summed E-state index contributed by atoms with van der Waals surface area (Å²) in [5.41, 5.74) is 0. The second-order valence-corrected chi connectivity index (χ2v) is 3.00.